The second-order valence-electron chi connectivity index (χ2n) is 5.15. The molecular formula is C14H20ClN3O4S. The highest BCUT2D eigenvalue weighted by Crippen LogP contribution is 2.13. The van der Waals surface area contributed by atoms with Gasteiger partial charge in [-0.15, -0.1) is 0 Å². The number of methoxy groups -OCH3 is 1. The average Bonchev–Trinajstić information content (AvgIpc) is 2.55. The molecule has 1 aromatic carbocycles. The van der Waals surface area contributed by atoms with Gasteiger partial charge in [-0.3, -0.25) is 4.90 Å². The Morgan fingerprint density at radius 3 is 2.39 bits per heavy atom. The quantitative estimate of drug-likeness (QED) is 0.846. The van der Waals surface area contributed by atoms with Crippen molar-refractivity contribution in [3.63, 3.8) is 0 Å². The number of nitrogens with zero attached hydrogens (tertiary/aromatic N) is 2. The van der Waals surface area contributed by atoms with Gasteiger partial charge in [0.15, 0.2) is 0 Å². The predicted molar refractivity (Wildman–Crippen MR) is 87.1 cm³/mol. The summed E-state index contributed by atoms with van der Waals surface area (Å²) in [5.74, 6) is 0. The standard InChI is InChI=1S/C14H20ClN3O4S/c1-22-14(19)18-10-8-17(9-11-18)7-6-16-23(20,21)13-4-2-12(15)3-5-13/h2-5,16H,6-11H2,1H3. The van der Waals surface area contributed by atoms with Crippen LogP contribution in [0.3, 0.4) is 0 Å². The molecule has 9 heteroatoms. The number of sulfonamides is 1. The van der Waals surface area contributed by atoms with E-state index in [9.17, 15) is 13.2 Å². The largest absolute Gasteiger partial charge is 0.453 e. The van der Waals surface area contributed by atoms with Gasteiger partial charge in [-0.2, -0.15) is 0 Å². The molecule has 0 unspecified atom stereocenters. The summed E-state index contributed by atoms with van der Waals surface area (Å²) in [6.07, 6.45) is -0.326. The third-order valence-electron chi connectivity index (χ3n) is 3.65. The molecule has 0 aliphatic carbocycles. The van der Waals surface area contributed by atoms with E-state index in [1.165, 1.54) is 19.2 Å². The monoisotopic (exact) mass is 361 g/mol. The lowest BCUT2D eigenvalue weighted by Crippen LogP contribution is -2.50. The van der Waals surface area contributed by atoms with E-state index in [0.717, 1.165) is 0 Å². The number of piperazine rings is 1. The van der Waals surface area contributed by atoms with Crippen LogP contribution in [0.2, 0.25) is 5.02 Å². The van der Waals surface area contributed by atoms with E-state index in [2.05, 4.69) is 14.4 Å². The van der Waals surface area contributed by atoms with Gasteiger partial charge >= 0.3 is 6.09 Å². The van der Waals surface area contributed by atoms with E-state index in [4.69, 9.17) is 11.6 Å². The molecule has 1 aliphatic heterocycles. The summed E-state index contributed by atoms with van der Waals surface area (Å²) in [5, 5.41) is 0.493. The summed E-state index contributed by atoms with van der Waals surface area (Å²) >= 11 is 5.75. The molecule has 1 amide bonds. The van der Waals surface area contributed by atoms with Crippen molar-refractivity contribution in [2.24, 2.45) is 0 Å². The predicted octanol–water partition coefficient (Wildman–Crippen LogP) is 1.00. The molecule has 1 N–H and O–H groups in total. The topological polar surface area (TPSA) is 79.0 Å². The minimum Gasteiger partial charge on any atom is -0.453 e. The van der Waals surface area contributed by atoms with Crippen molar-refractivity contribution in [3.8, 4) is 0 Å². The van der Waals surface area contributed by atoms with E-state index in [-0.39, 0.29) is 11.0 Å². The van der Waals surface area contributed by atoms with E-state index >= 15 is 0 Å². The van der Waals surface area contributed by atoms with Gasteiger partial charge in [0.1, 0.15) is 0 Å². The third-order valence-corrected chi connectivity index (χ3v) is 5.38. The first-order chi connectivity index (χ1) is 10.9. The van der Waals surface area contributed by atoms with E-state index in [1.54, 1.807) is 17.0 Å². The maximum atomic E-state index is 12.1. The summed E-state index contributed by atoms with van der Waals surface area (Å²) in [6.45, 7) is 3.44. The minimum absolute atomic E-state index is 0.192. The van der Waals surface area contributed by atoms with Gasteiger partial charge in [0, 0.05) is 44.3 Å². The summed E-state index contributed by atoms with van der Waals surface area (Å²) < 4.78 is 31.5. The van der Waals surface area contributed by atoms with Gasteiger partial charge in [0.2, 0.25) is 10.0 Å². The normalized spacial score (nSPS) is 16.3. The number of carbonyl (C=O) groups is 1. The van der Waals surface area contributed by atoms with Gasteiger partial charge in [-0.05, 0) is 24.3 Å². The SMILES string of the molecule is COC(=O)N1CCN(CCNS(=O)(=O)c2ccc(Cl)cc2)CC1. The number of rotatable bonds is 5. The smallest absolute Gasteiger partial charge is 0.409 e. The van der Waals surface area contributed by atoms with Crippen LogP contribution in [0.15, 0.2) is 29.2 Å². The van der Waals surface area contributed by atoms with Crippen LogP contribution in [0.4, 0.5) is 4.79 Å². The molecule has 1 aliphatic rings. The molecule has 0 atom stereocenters. The molecule has 1 fully saturated rings. The van der Waals surface area contributed by atoms with Crippen molar-refractivity contribution < 1.29 is 17.9 Å². The van der Waals surface area contributed by atoms with E-state index < -0.39 is 10.0 Å². The second-order valence-corrected chi connectivity index (χ2v) is 7.35. The molecule has 23 heavy (non-hydrogen) atoms. The minimum atomic E-state index is -3.53. The van der Waals surface area contributed by atoms with Crippen LogP contribution in [-0.4, -0.2) is 70.7 Å². The number of hydrogen-bond acceptors (Lipinski definition) is 5. The number of nitrogens with one attached hydrogen (secondary N) is 1. The van der Waals surface area contributed by atoms with Crippen molar-refractivity contribution in [1.29, 1.82) is 0 Å². The van der Waals surface area contributed by atoms with Gasteiger partial charge < -0.3 is 9.64 Å². The Kier molecular flexibility index (Phi) is 6.23. The Balaban J connectivity index is 1.77. The Morgan fingerprint density at radius 1 is 1.22 bits per heavy atom. The fourth-order valence-electron chi connectivity index (χ4n) is 2.32. The molecule has 2 rings (SSSR count). The summed E-state index contributed by atoms with van der Waals surface area (Å²) in [4.78, 5) is 15.3. The van der Waals surface area contributed by atoms with Gasteiger partial charge in [-0.25, -0.2) is 17.9 Å². The van der Waals surface area contributed by atoms with Crippen molar-refractivity contribution >= 4 is 27.7 Å². The molecule has 0 bridgehead atoms. The highest BCUT2D eigenvalue weighted by molar-refractivity contribution is 7.89. The van der Waals surface area contributed by atoms with E-state index in [0.29, 0.717) is 44.3 Å². The Hall–Kier alpha value is -1.35. The van der Waals surface area contributed by atoms with Crippen LogP contribution in [0, 0.1) is 0 Å². The first kappa shape index (κ1) is 18.0. The van der Waals surface area contributed by atoms with E-state index in [1.807, 2.05) is 0 Å². The van der Waals surface area contributed by atoms with Crippen LogP contribution in [0.25, 0.3) is 0 Å². The maximum absolute atomic E-state index is 12.1. The lowest BCUT2D eigenvalue weighted by atomic mass is 10.3. The van der Waals surface area contributed by atoms with Gasteiger partial charge in [0.25, 0.3) is 0 Å². The molecule has 1 aromatic rings. The highest BCUT2D eigenvalue weighted by atomic mass is 35.5. The second kappa shape index (κ2) is 7.96. The molecule has 1 saturated heterocycles. The van der Waals surface area contributed by atoms with Crippen LogP contribution in [0.5, 0.6) is 0 Å². The van der Waals surface area contributed by atoms with Crippen LogP contribution in [0.1, 0.15) is 0 Å². The van der Waals surface area contributed by atoms with Crippen LogP contribution >= 0.6 is 11.6 Å². The zero-order valence-corrected chi connectivity index (χ0v) is 14.4. The fourth-order valence-corrected chi connectivity index (χ4v) is 3.47. The fraction of sp³-hybridized carbons (Fsp3) is 0.500. The zero-order valence-electron chi connectivity index (χ0n) is 12.9. The molecular weight excluding hydrogens is 342 g/mol. The lowest BCUT2D eigenvalue weighted by Gasteiger charge is -2.33. The Morgan fingerprint density at radius 2 is 1.83 bits per heavy atom. The molecule has 0 radical (unpaired) electrons. The van der Waals surface area contributed by atoms with Crippen LogP contribution in [-0.2, 0) is 14.8 Å². The van der Waals surface area contributed by atoms with Crippen LogP contribution < -0.4 is 4.72 Å². The molecule has 128 valence electrons. The number of benzene rings is 1. The number of ether oxygens (including phenoxy) is 1. The molecule has 0 spiro atoms. The number of halogens is 1. The van der Waals surface area contributed by atoms with Crippen molar-refractivity contribution in [1.82, 2.24) is 14.5 Å². The molecule has 1 heterocycles. The van der Waals surface area contributed by atoms with Crippen molar-refractivity contribution in [2.75, 3.05) is 46.4 Å². The number of hydrogen-bond donors (Lipinski definition) is 1. The highest BCUT2D eigenvalue weighted by Gasteiger charge is 2.21. The zero-order chi connectivity index (χ0) is 16.9. The summed E-state index contributed by atoms with van der Waals surface area (Å²) in [6, 6.07) is 6.03. The Bertz CT molecular complexity index is 628. The number of carbonyl (C=O) groups excluding carboxylic acids is 1. The van der Waals surface area contributed by atoms with Gasteiger partial charge in [0.05, 0.1) is 12.0 Å². The lowest BCUT2D eigenvalue weighted by molar-refractivity contribution is 0.0918. The first-order valence-corrected chi connectivity index (χ1v) is 9.09. The third kappa shape index (κ3) is 5.07. The Labute approximate surface area is 141 Å². The average molecular weight is 362 g/mol. The first-order valence-electron chi connectivity index (χ1n) is 7.23. The molecule has 0 aromatic heterocycles. The maximum Gasteiger partial charge on any atom is 0.409 e. The molecule has 0 saturated carbocycles. The summed E-state index contributed by atoms with van der Waals surface area (Å²) in [7, 11) is -2.16. The van der Waals surface area contributed by atoms with Crippen molar-refractivity contribution in [2.45, 2.75) is 4.90 Å². The van der Waals surface area contributed by atoms with Gasteiger partial charge in [-0.1, -0.05) is 11.6 Å². The molecule has 7 nitrogen and oxygen atoms in total. The van der Waals surface area contributed by atoms with Crippen molar-refractivity contribution in [3.05, 3.63) is 29.3 Å². The summed E-state index contributed by atoms with van der Waals surface area (Å²) in [5.41, 5.74) is 0. The number of amides is 1.